The van der Waals surface area contributed by atoms with Gasteiger partial charge in [-0.2, -0.15) is 9.40 Å². The van der Waals surface area contributed by atoms with E-state index in [1.54, 1.807) is 14.0 Å². The van der Waals surface area contributed by atoms with E-state index >= 15 is 0 Å². The number of rotatable bonds is 7. The first kappa shape index (κ1) is 16.4. The highest BCUT2D eigenvalue weighted by Gasteiger charge is 2.31. The summed E-state index contributed by atoms with van der Waals surface area (Å²) in [5, 5.41) is 3.89. The second kappa shape index (κ2) is 6.23. The lowest BCUT2D eigenvalue weighted by molar-refractivity contribution is -0.118. The Balaban J connectivity index is 3.24. The maximum Gasteiger partial charge on any atom is 0.249 e. The molecule has 20 heavy (non-hydrogen) atoms. The summed E-state index contributed by atoms with van der Waals surface area (Å²) in [7, 11) is -2.28. The Morgan fingerprint density at radius 2 is 2.05 bits per heavy atom. The van der Waals surface area contributed by atoms with E-state index in [0.29, 0.717) is 12.1 Å². The molecule has 0 saturated carbocycles. The molecule has 1 aromatic heterocycles. The standard InChI is InChI=1S/C11H21N5O3S/c1-4-5-6-16(7-9(12)17)20(18,19)10-8(2)15(3)14-11(10)13/h4-7H2,1-3H3,(H2,12,17)(H2,13,14). The van der Waals surface area contributed by atoms with Gasteiger partial charge < -0.3 is 11.5 Å². The highest BCUT2D eigenvalue weighted by molar-refractivity contribution is 7.89. The van der Waals surface area contributed by atoms with E-state index in [2.05, 4.69) is 5.10 Å². The Labute approximate surface area is 118 Å². The molecule has 0 radical (unpaired) electrons. The van der Waals surface area contributed by atoms with E-state index in [9.17, 15) is 13.2 Å². The molecule has 0 fully saturated rings. The molecule has 114 valence electrons. The fourth-order valence-electron chi connectivity index (χ4n) is 1.85. The highest BCUT2D eigenvalue weighted by Crippen LogP contribution is 2.25. The third-order valence-corrected chi connectivity index (χ3v) is 5.01. The van der Waals surface area contributed by atoms with Gasteiger partial charge in [-0.25, -0.2) is 8.42 Å². The Kier molecular flexibility index (Phi) is 5.12. The molecule has 1 amide bonds. The van der Waals surface area contributed by atoms with Crippen LogP contribution in [0.25, 0.3) is 0 Å². The van der Waals surface area contributed by atoms with Crippen LogP contribution in [0.5, 0.6) is 0 Å². The molecule has 1 heterocycles. The zero-order chi connectivity index (χ0) is 15.5. The number of anilines is 1. The first-order chi connectivity index (χ1) is 9.21. The van der Waals surface area contributed by atoms with Crippen molar-refractivity contribution in [2.45, 2.75) is 31.6 Å². The van der Waals surface area contributed by atoms with Gasteiger partial charge in [-0.05, 0) is 13.3 Å². The van der Waals surface area contributed by atoms with Crippen molar-refractivity contribution in [1.82, 2.24) is 14.1 Å². The molecular formula is C11H21N5O3S. The zero-order valence-corrected chi connectivity index (χ0v) is 12.8. The molecule has 0 aromatic carbocycles. The number of nitrogen functional groups attached to an aromatic ring is 1. The van der Waals surface area contributed by atoms with E-state index in [1.807, 2.05) is 6.92 Å². The fraction of sp³-hybridized carbons (Fsp3) is 0.636. The number of nitrogens with two attached hydrogens (primary N) is 2. The van der Waals surface area contributed by atoms with E-state index in [-0.39, 0.29) is 23.8 Å². The van der Waals surface area contributed by atoms with Gasteiger partial charge in [-0.3, -0.25) is 9.48 Å². The lowest BCUT2D eigenvalue weighted by Gasteiger charge is -2.20. The van der Waals surface area contributed by atoms with Crippen LogP contribution in [0.4, 0.5) is 5.82 Å². The maximum absolute atomic E-state index is 12.6. The number of sulfonamides is 1. The minimum absolute atomic E-state index is 0.0580. The fourth-order valence-corrected chi connectivity index (χ4v) is 3.59. The van der Waals surface area contributed by atoms with Gasteiger partial charge >= 0.3 is 0 Å². The van der Waals surface area contributed by atoms with E-state index < -0.39 is 15.9 Å². The first-order valence-corrected chi connectivity index (χ1v) is 7.73. The molecule has 0 saturated heterocycles. The number of nitrogens with zero attached hydrogens (tertiary/aromatic N) is 3. The lowest BCUT2D eigenvalue weighted by atomic mass is 10.3. The predicted octanol–water partition coefficient (Wildman–Crippen LogP) is -0.413. The normalized spacial score (nSPS) is 12.0. The number of carbonyl (C=O) groups is 1. The van der Waals surface area contributed by atoms with Crippen LogP contribution in [-0.2, 0) is 21.9 Å². The van der Waals surface area contributed by atoms with Gasteiger partial charge in [0.25, 0.3) is 0 Å². The van der Waals surface area contributed by atoms with Crippen molar-refractivity contribution >= 4 is 21.7 Å². The topological polar surface area (TPSA) is 124 Å². The molecule has 0 atom stereocenters. The van der Waals surface area contributed by atoms with Gasteiger partial charge in [0.1, 0.15) is 4.90 Å². The van der Waals surface area contributed by atoms with Crippen LogP contribution in [0.3, 0.4) is 0 Å². The number of amides is 1. The van der Waals surface area contributed by atoms with Gasteiger partial charge in [0.05, 0.1) is 12.2 Å². The molecule has 0 aliphatic carbocycles. The summed E-state index contributed by atoms with van der Waals surface area (Å²) in [6.45, 7) is 3.39. The van der Waals surface area contributed by atoms with Crippen molar-refractivity contribution in [2.75, 3.05) is 18.8 Å². The van der Waals surface area contributed by atoms with Gasteiger partial charge in [0.2, 0.25) is 15.9 Å². The largest absolute Gasteiger partial charge is 0.381 e. The third kappa shape index (κ3) is 3.28. The second-order valence-corrected chi connectivity index (χ2v) is 6.46. The van der Waals surface area contributed by atoms with Crippen LogP contribution < -0.4 is 11.5 Å². The predicted molar refractivity (Wildman–Crippen MR) is 75.2 cm³/mol. The number of aryl methyl sites for hydroxylation is 1. The monoisotopic (exact) mass is 303 g/mol. The van der Waals surface area contributed by atoms with Crippen molar-refractivity contribution in [1.29, 1.82) is 0 Å². The van der Waals surface area contributed by atoms with Crippen molar-refractivity contribution < 1.29 is 13.2 Å². The van der Waals surface area contributed by atoms with Crippen LogP contribution in [0.1, 0.15) is 25.5 Å². The van der Waals surface area contributed by atoms with Crippen LogP contribution >= 0.6 is 0 Å². The van der Waals surface area contributed by atoms with Gasteiger partial charge in [-0.1, -0.05) is 13.3 Å². The zero-order valence-electron chi connectivity index (χ0n) is 12.0. The molecule has 0 aliphatic rings. The van der Waals surface area contributed by atoms with Crippen LogP contribution in [0, 0.1) is 6.92 Å². The van der Waals surface area contributed by atoms with Crippen LogP contribution in [-0.4, -0.2) is 41.5 Å². The van der Waals surface area contributed by atoms with E-state index in [0.717, 1.165) is 10.7 Å². The van der Waals surface area contributed by atoms with Crippen molar-refractivity contribution in [2.24, 2.45) is 12.8 Å². The summed E-state index contributed by atoms with van der Waals surface area (Å²) >= 11 is 0. The van der Waals surface area contributed by atoms with E-state index in [4.69, 9.17) is 11.5 Å². The Hall–Kier alpha value is -1.61. The number of unbranched alkanes of at least 4 members (excludes halogenated alkanes) is 1. The first-order valence-electron chi connectivity index (χ1n) is 6.29. The summed E-state index contributed by atoms with van der Waals surface area (Å²) in [5.41, 5.74) is 11.2. The Morgan fingerprint density at radius 3 is 2.45 bits per heavy atom. The molecule has 0 aliphatic heterocycles. The Morgan fingerprint density at radius 1 is 1.45 bits per heavy atom. The summed E-state index contributed by atoms with van der Waals surface area (Å²) < 4.78 is 27.7. The van der Waals surface area contributed by atoms with E-state index in [1.165, 1.54) is 4.68 Å². The van der Waals surface area contributed by atoms with Gasteiger partial charge in [-0.15, -0.1) is 0 Å². The minimum Gasteiger partial charge on any atom is -0.381 e. The molecule has 9 heteroatoms. The number of hydrogen-bond acceptors (Lipinski definition) is 5. The third-order valence-electron chi connectivity index (χ3n) is 3.00. The van der Waals surface area contributed by atoms with Crippen molar-refractivity contribution in [3.63, 3.8) is 0 Å². The van der Waals surface area contributed by atoms with Crippen molar-refractivity contribution in [3.8, 4) is 0 Å². The highest BCUT2D eigenvalue weighted by atomic mass is 32.2. The maximum atomic E-state index is 12.6. The summed E-state index contributed by atoms with van der Waals surface area (Å²) in [5.74, 6) is -0.777. The number of aromatic nitrogens is 2. The molecule has 4 N–H and O–H groups in total. The molecular weight excluding hydrogens is 282 g/mol. The molecule has 0 spiro atoms. The lowest BCUT2D eigenvalue weighted by Crippen LogP contribution is -2.39. The summed E-state index contributed by atoms with van der Waals surface area (Å²) in [6.07, 6.45) is 1.43. The molecule has 0 bridgehead atoms. The van der Waals surface area contributed by atoms with Crippen molar-refractivity contribution in [3.05, 3.63) is 5.69 Å². The van der Waals surface area contributed by atoms with Gasteiger partial charge in [0, 0.05) is 13.6 Å². The molecule has 1 rings (SSSR count). The summed E-state index contributed by atoms with van der Waals surface area (Å²) in [6, 6.07) is 0. The number of primary amides is 1. The SMILES string of the molecule is CCCCN(CC(N)=O)S(=O)(=O)c1c(N)nn(C)c1C. The molecule has 1 aromatic rings. The molecule has 8 nitrogen and oxygen atoms in total. The minimum atomic E-state index is -3.88. The average Bonchev–Trinajstić information content (AvgIpc) is 2.58. The number of carbonyl (C=O) groups excluding carboxylic acids is 1. The van der Waals surface area contributed by atoms with Crippen LogP contribution in [0.15, 0.2) is 4.90 Å². The number of hydrogen-bond donors (Lipinski definition) is 2. The average molecular weight is 303 g/mol. The Bertz CT molecular complexity index is 593. The summed E-state index contributed by atoms with van der Waals surface area (Å²) in [4.78, 5) is 11.0. The molecule has 0 unspecified atom stereocenters. The quantitative estimate of drug-likeness (QED) is 0.708. The van der Waals surface area contributed by atoms with Crippen LogP contribution in [0.2, 0.25) is 0 Å². The second-order valence-electron chi connectivity index (χ2n) is 4.58. The van der Waals surface area contributed by atoms with Gasteiger partial charge in [0.15, 0.2) is 5.82 Å². The smallest absolute Gasteiger partial charge is 0.249 e.